The van der Waals surface area contributed by atoms with Gasteiger partial charge in [-0.05, 0) is 106 Å². The monoisotopic (exact) mass is 1560 g/mol. The van der Waals surface area contributed by atoms with Crippen LogP contribution in [0.3, 0.4) is 0 Å². The Morgan fingerprint density at radius 2 is 0.866 bits per heavy atom. The largest absolute Gasteiger partial charge is 1.00 e. The fourth-order valence-corrected chi connectivity index (χ4v) is 1.32. The first kappa shape index (κ1) is 111. The van der Waals surface area contributed by atoms with Crippen molar-refractivity contribution in [2.75, 3.05) is 142 Å². The van der Waals surface area contributed by atoms with E-state index >= 15 is 0 Å². The van der Waals surface area contributed by atoms with E-state index in [0.717, 1.165) is 12.3 Å². The first-order valence-corrected chi connectivity index (χ1v) is 29.4. The van der Waals surface area contributed by atoms with Gasteiger partial charge < -0.3 is 32.0 Å². The van der Waals surface area contributed by atoms with Gasteiger partial charge >= 0.3 is 29.6 Å². The van der Waals surface area contributed by atoms with Crippen molar-refractivity contribution in [3.63, 3.8) is 0 Å². The molecule has 67 heavy (non-hydrogen) atoms. The van der Waals surface area contributed by atoms with Crippen LogP contribution in [-0.4, -0.2) is 147 Å². The molecule has 0 atom stereocenters. The molecule has 0 bridgehead atoms. The number of hydrogen-bond acceptors (Lipinski definition) is 15. The molecular formula is C25H66I5N32NaO2S2. The van der Waals surface area contributed by atoms with E-state index in [4.69, 9.17) is 71.7 Å². The zero-order valence-electron chi connectivity index (χ0n) is 40.0. The molecule has 0 aromatic carbocycles. The molecule has 0 heterocycles. The molecule has 4 N–H and O–H groups in total. The second-order valence-electron chi connectivity index (χ2n) is 6.52. The van der Waals surface area contributed by atoms with Crippen molar-refractivity contribution in [2.45, 2.75) is 13.8 Å². The first-order chi connectivity index (χ1) is 32.1. The number of methoxy groups -OCH3 is 1. The molecule has 0 aromatic heterocycles. The second kappa shape index (κ2) is 219. The molecule has 386 valence electrons. The Bertz CT molecular complexity index is 1150. The number of alkyl halides is 5. The minimum Gasteiger partial charge on any atom is -0.396 e. The van der Waals surface area contributed by atoms with Crippen LogP contribution >= 0.6 is 137 Å². The quantitative estimate of drug-likeness (QED) is 0.0161. The molecule has 0 fully saturated rings. The number of nitrogens with one attached hydrogen (secondary N) is 1. The Kier molecular flexibility index (Phi) is 363. The van der Waals surface area contributed by atoms with Gasteiger partial charge in [-0.15, -0.1) is 0 Å². The fraction of sp³-hybridized carbons (Fsp3) is 1.00. The van der Waals surface area contributed by atoms with Crippen molar-refractivity contribution < 1.29 is 39.4 Å². The first-order valence-electron chi connectivity index (χ1n) is 16.6. The van der Waals surface area contributed by atoms with Crippen LogP contribution in [0.25, 0.3) is 110 Å². The van der Waals surface area contributed by atoms with Gasteiger partial charge in [0.05, 0.1) is 6.61 Å². The van der Waals surface area contributed by atoms with Crippen molar-refractivity contribution in [1.29, 1.82) is 0 Å². The Hall–Kier alpha value is -1.71. The van der Waals surface area contributed by atoms with Crippen LogP contribution in [0, 0.1) is 0 Å². The second-order valence-corrected chi connectivity index (χ2v) is 7.96. The predicted octanol–water partition coefficient (Wildman–Crippen LogP) is 11.6. The van der Waals surface area contributed by atoms with Gasteiger partial charge in [0.2, 0.25) is 0 Å². The Morgan fingerprint density at radius 1 is 0.567 bits per heavy atom. The molecule has 0 aliphatic rings. The van der Waals surface area contributed by atoms with E-state index in [2.05, 4.69) is 226 Å². The molecule has 42 heteroatoms. The molecule has 0 spiro atoms. The maximum atomic E-state index is 7.93. The number of halogens is 5. The summed E-state index contributed by atoms with van der Waals surface area (Å²) in [6.45, 7) is 8.94. The summed E-state index contributed by atoms with van der Waals surface area (Å²) in [5, 5.41) is 39.2. The van der Waals surface area contributed by atoms with Crippen LogP contribution in [0.2, 0.25) is 0 Å². The van der Waals surface area contributed by atoms with Gasteiger partial charge in [-0.2, -0.15) is 24.4 Å². The van der Waals surface area contributed by atoms with Gasteiger partial charge in [0.25, 0.3) is 0 Å². The van der Waals surface area contributed by atoms with Crippen LogP contribution in [0.15, 0.2) is 46.0 Å². The minimum atomic E-state index is -0.0654. The number of likely N-dealkylation sites (N-methyl/N-ethyl adjacent to an activating group) is 1. The average molecular weight is 1560 g/mol. The van der Waals surface area contributed by atoms with Crippen molar-refractivity contribution >= 4 is 137 Å². The maximum absolute atomic E-state index is 7.93. The van der Waals surface area contributed by atoms with Crippen LogP contribution in [0.4, 0.5) is 0 Å². The predicted molar refractivity (Wildman–Crippen MR) is 322 cm³/mol. The standard InChI is InChI=1S/C3H8N4.C3H7N3O.C3H7N3S.C2H6N4.C2H5N3O.C2H5N3S.2C2H5N3.5CH3I.CH3N3.N3.Na/c1-5-2-3-6-7-4;2*1-7-3-2-5-6-4;3-1-2-5-6-4;2*3-5-4-1-2-6;2*1-2-4-5-3;5*1-2;1-3-4-2;1-3-2;/h5H,2-3H2,1H3;2*2-3H2,1H3;1-3H2;2*6H,1-2H2;2*2H2,1H3;5*1H3;1H3;;/q;;;;;;;;;;;;;;-1;+1/i3*1-1;;;;;;6*1-1;;. The molecule has 0 aromatic rings. The number of aliphatic hydroxyl groups excluding tert-OH is 1. The Morgan fingerprint density at radius 3 is 1.04 bits per heavy atom. The van der Waals surface area contributed by atoms with E-state index in [9.17, 15) is 0 Å². The average Bonchev–Trinajstić information content (AvgIpc) is 3.38. The molecular weight excluding hydrogens is 1490 g/mol. The summed E-state index contributed by atoms with van der Waals surface area (Å²) in [7, 11) is 4.76. The number of nitrogens with two attached hydrogens (primary N) is 1. The number of azide groups is 9. The summed E-state index contributed by atoms with van der Waals surface area (Å²) in [4.78, 5) is 33.7. The molecule has 34 nitrogen and oxygen atoms in total. The number of thioether (sulfide) groups is 1. The number of aliphatic hydroxyl groups is 1. The Balaban J connectivity index is -0.0000000303. The van der Waals surface area contributed by atoms with Gasteiger partial charge in [-0.25, -0.2) is 0 Å². The van der Waals surface area contributed by atoms with Gasteiger partial charge in [0.1, 0.15) is 0 Å². The van der Waals surface area contributed by atoms with Crippen molar-refractivity contribution in [3.05, 3.63) is 110 Å². The normalized spacial score (nSPS) is 5.90. The summed E-state index contributed by atoms with van der Waals surface area (Å²) in [6, 6.07) is 0. The van der Waals surface area contributed by atoms with Crippen LogP contribution in [0.1, 0.15) is 13.8 Å². The van der Waals surface area contributed by atoms with Crippen LogP contribution in [0.5, 0.6) is 0 Å². The third-order valence-corrected chi connectivity index (χ3v) is 3.55. The van der Waals surface area contributed by atoms with Crippen LogP contribution in [-0.2, 0) is 4.74 Å². The van der Waals surface area contributed by atoms with E-state index in [0.29, 0.717) is 64.7 Å². The van der Waals surface area contributed by atoms with Gasteiger partial charge in [-0.1, -0.05) is 173 Å². The minimum absolute atomic E-state index is 0. The summed E-state index contributed by atoms with van der Waals surface area (Å²) in [6.07, 6.45) is 1.98. The summed E-state index contributed by atoms with van der Waals surface area (Å²) >= 11 is 16.2. The van der Waals surface area contributed by atoms with E-state index in [1.54, 1.807) is 32.7 Å². The number of rotatable bonds is 17. The topological polar surface area (TPSA) is 565 Å². The van der Waals surface area contributed by atoms with Crippen molar-refractivity contribution in [3.8, 4) is 0 Å². The van der Waals surface area contributed by atoms with Crippen LogP contribution < -0.4 is 40.6 Å². The van der Waals surface area contributed by atoms with Gasteiger partial charge in [0.15, 0.2) is 0 Å². The van der Waals surface area contributed by atoms with E-state index in [1.165, 1.54) is 12.0 Å². The zero-order valence-corrected chi connectivity index (χ0v) is 54.5. The van der Waals surface area contributed by atoms with E-state index in [-0.39, 0.29) is 42.7 Å². The van der Waals surface area contributed by atoms with Crippen molar-refractivity contribution in [2.24, 2.45) is 51.8 Å². The summed E-state index contributed by atoms with van der Waals surface area (Å²) in [5.74, 6) is 1.55. The van der Waals surface area contributed by atoms with Gasteiger partial charge in [0, 0.05) is 124 Å². The molecule has 0 unspecified atom stereocenters. The molecule has 0 rings (SSSR count). The smallest absolute Gasteiger partial charge is 0.396 e. The Labute approximate surface area is 494 Å². The molecule has 0 saturated carbocycles. The number of nitrogens with zero attached hydrogens (tertiary/aromatic N) is 30. The third-order valence-electron chi connectivity index (χ3n) is 2.76. The summed E-state index contributed by atoms with van der Waals surface area (Å²) < 4.78 is 4.58. The number of ether oxygens (including phenoxy) is 1. The SMILES string of the molecule is CCN=[N+]=[N-].CCN=[N+]=[N-].[11CH3]I.[11CH3]I.[11CH3]I.[11CH3]I.[11CH3]I.[11CH3]N=[N+]=[N-].[11CH3]NCCN=[N+]=[N-].[11CH3]OCCN=[N+]=[N-].[11CH3]SCCN=[N+]=[N-].[N-]=[N+]=NCCN.[N-]=[N+]=NCCO.[N-]=[N+]=NCCS.[N-]=[N+]=[N-].[Na+]. The molecule has 0 radical (unpaired) electrons. The maximum Gasteiger partial charge on any atom is 1.00 e. The van der Waals surface area contributed by atoms with Gasteiger partial charge in [-0.3, -0.25) is 4.91 Å². The van der Waals surface area contributed by atoms with E-state index < -0.39 is 0 Å². The molecule has 0 aliphatic carbocycles. The number of thiol groups is 1. The van der Waals surface area contributed by atoms with Crippen molar-refractivity contribution in [1.82, 2.24) is 5.32 Å². The number of hydrogen-bond donors (Lipinski definition) is 4. The molecule has 0 aliphatic heterocycles. The molecule has 0 amide bonds. The molecule has 0 saturated heterocycles. The third kappa shape index (κ3) is 423. The fourth-order valence-electron chi connectivity index (χ4n) is 0.968. The summed E-state index contributed by atoms with van der Waals surface area (Å²) in [5.41, 5.74) is 86.8. The zero-order chi connectivity index (χ0) is 55.5. The van der Waals surface area contributed by atoms with E-state index in [1.807, 2.05) is 38.0 Å².